The highest BCUT2D eigenvalue weighted by Gasteiger charge is 2.49. The van der Waals surface area contributed by atoms with Gasteiger partial charge in [0.05, 0.1) is 12.2 Å². The molecule has 0 radical (unpaired) electrons. The lowest BCUT2D eigenvalue weighted by Gasteiger charge is -2.30. The average molecular weight is 363 g/mol. The number of carbonyl (C=O) groups is 2. The van der Waals surface area contributed by atoms with Crippen molar-refractivity contribution in [2.75, 3.05) is 13.2 Å². The van der Waals surface area contributed by atoms with E-state index in [-0.39, 0.29) is 6.07 Å². The Kier molecular flexibility index (Phi) is 4.82. The molecular weight excluding hydrogens is 346 g/mol. The van der Waals surface area contributed by atoms with Crippen molar-refractivity contribution >= 4 is 11.9 Å². The number of nitrogens with one attached hydrogen (secondary N) is 1. The molecule has 0 saturated carbocycles. The molecule has 138 valence electrons. The third-order valence-corrected chi connectivity index (χ3v) is 3.50. The minimum atomic E-state index is -4.73. The van der Waals surface area contributed by atoms with Gasteiger partial charge in [0.15, 0.2) is 11.3 Å². The Labute approximate surface area is 141 Å². The summed E-state index contributed by atoms with van der Waals surface area (Å²) in [5.41, 5.74) is -4.43. The number of halogens is 4. The zero-order chi connectivity index (χ0) is 19.0. The number of hydrogen-bond donors (Lipinski definition) is 1. The van der Waals surface area contributed by atoms with E-state index in [9.17, 15) is 27.2 Å². The summed E-state index contributed by atoms with van der Waals surface area (Å²) in [7, 11) is 0. The molecule has 1 fully saturated rings. The molecule has 0 aromatic heterocycles. The summed E-state index contributed by atoms with van der Waals surface area (Å²) in [6.45, 7) is 3.95. The van der Waals surface area contributed by atoms with Gasteiger partial charge in [0.25, 0.3) is 0 Å². The SMILES string of the molecule is CC(C)(C)OC(=O)NC1(c2ccc(C(F)(F)F)cc2F)COCC1=O. The van der Waals surface area contributed by atoms with Crippen LogP contribution in [0.5, 0.6) is 0 Å². The van der Waals surface area contributed by atoms with Crippen LogP contribution >= 0.6 is 0 Å². The predicted molar refractivity (Wildman–Crippen MR) is 78.3 cm³/mol. The fraction of sp³-hybridized carbons (Fsp3) is 0.500. The van der Waals surface area contributed by atoms with Crippen molar-refractivity contribution in [2.45, 2.75) is 38.1 Å². The molecule has 1 unspecified atom stereocenters. The maximum atomic E-state index is 14.3. The van der Waals surface area contributed by atoms with E-state index in [1.807, 2.05) is 0 Å². The topological polar surface area (TPSA) is 64.6 Å². The number of alkyl carbamates (subject to hydrolysis) is 1. The van der Waals surface area contributed by atoms with E-state index in [1.54, 1.807) is 20.8 Å². The first-order valence-corrected chi connectivity index (χ1v) is 7.34. The monoisotopic (exact) mass is 363 g/mol. The smallest absolute Gasteiger partial charge is 0.416 e. The molecule has 1 atom stereocenters. The van der Waals surface area contributed by atoms with Crippen LogP contribution in [0, 0.1) is 5.82 Å². The number of ketones is 1. The van der Waals surface area contributed by atoms with Gasteiger partial charge in [0.2, 0.25) is 0 Å². The standard InChI is InChI=1S/C16H17F4NO4/c1-14(2,3)25-13(23)21-15(8-24-7-12(15)22)10-5-4-9(6-11(10)17)16(18,19)20/h4-6H,7-8H2,1-3H3,(H,21,23). The van der Waals surface area contributed by atoms with E-state index < -0.39 is 59.4 Å². The van der Waals surface area contributed by atoms with Crippen LogP contribution in [0.4, 0.5) is 22.4 Å². The number of amides is 1. The van der Waals surface area contributed by atoms with Crippen LogP contribution < -0.4 is 5.32 Å². The largest absolute Gasteiger partial charge is 0.444 e. The fourth-order valence-corrected chi connectivity index (χ4v) is 2.42. The van der Waals surface area contributed by atoms with Crippen molar-refractivity contribution in [1.29, 1.82) is 0 Å². The molecule has 1 aromatic rings. The van der Waals surface area contributed by atoms with E-state index in [0.717, 1.165) is 6.07 Å². The van der Waals surface area contributed by atoms with Gasteiger partial charge in [0, 0.05) is 5.56 Å². The maximum absolute atomic E-state index is 14.3. The van der Waals surface area contributed by atoms with Gasteiger partial charge in [-0.25, -0.2) is 9.18 Å². The Morgan fingerprint density at radius 1 is 1.28 bits per heavy atom. The van der Waals surface area contributed by atoms with Crippen LogP contribution in [-0.4, -0.2) is 30.7 Å². The second kappa shape index (κ2) is 6.29. The number of ether oxygens (including phenoxy) is 2. The van der Waals surface area contributed by atoms with Gasteiger partial charge in [0.1, 0.15) is 18.0 Å². The van der Waals surface area contributed by atoms with Gasteiger partial charge >= 0.3 is 12.3 Å². The van der Waals surface area contributed by atoms with Gasteiger partial charge in [-0.1, -0.05) is 6.07 Å². The highest BCUT2D eigenvalue weighted by Crippen LogP contribution is 2.35. The molecule has 5 nitrogen and oxygen atoms in total. The average Bonchev–Trinajstić information content (AvgIpc) is 2.77. The van der Waals surface area contributed by atoms with Crippen LogP contribution in [-0.2, 0) is 26.0 Å². The molecular formula is C16H17F4NO4. The highest BCUT2D eigenvalue weighted by molar-refractivity contribution is 5.95. The lowest BCUT2D eigenvalue weighted by molar-refractivity contribution is -0.137. The number of Topliss-reactive ketones (excluding diaryl/α,β-unsaturated/α-hetero) is 1. The first-order valence-electron chi connectivity index (χ1n) is 7.34. The van der Waals surface area contributed by atoms with Crippen molar-refractivity contribution in [3.63, 3.8) is 0 Å². The summed E-state index contributed by atoms with van der Waals surface area (Å²) >= 11 is 0. The maximum Gasteiger partial charge on any atom is 0.416 e. The summed E-state index contributed by atoms with van der Waals surface area (Å²) < 4.78 is 62.5. The number of rotatable bonds is 2. The van der Waals surface area contributed by atoms with E-state index in [1.165, 1.54) is 0 Å². The third-order valence-electron chi connectivity index (χ3n) is 3.50. The Morgan fingerprint density at radius 2 is 1.92 bits per heavy atom. The van der Waals surface area contributed by atoms with Crippen LogP contribution in [0.1, 0.15) is 31.9 Å². The summed E-state index contributed by atoms with van der Waals surface area (Å²) in [6.07, 6.45) is -5.74. The molecule has 0 spiro atoms. The molecule has 9 heteroatoms. The lowest BCUT2D eigenvalue weighted by atomic mass is 9.87. The molecule has 1 amide bonds. The van der Waals surface area contributed by atoms with Gasteiger partial charge in [-0.3, -0.25) is 4.79 Å². The minimum Gasteiger partial charge on any atom is -0.444 e. The molecule has 0 bridgehead atoms. The molecule has 1 aliphatic heterocycles. The Balaban J connectivity index is 2.42. The van der Waals surface area contributed by atoms with Crippen LogP contribution in [0.25, 0.3) is 0 Å². The molecule has 1 heterocycles. The summed E-state index contributed by atoms with van der Waals surface area (Å²) in [4.78, 5) is 24.3. The van der Waals surface area contributed by atoms with Crippen LogP contribution in [0.2, 0.25) is 0 Å². The number of carbonyl (C=O) groups excluding carboxylic acids is 2. The number of alkyl halides is 3. The highest BCUT2D eigenvalue weighted by atomic mass is 19.4. The summed E-state index contributed by atoms with van der Waals surface area (Å²) in [6, 6.07) is 1.74. The van der Waals surface area contributed by atoms with Crippen molar-refractivity contribution in [2.24, 2.45) is 0 Å². The van der Waals surface area contributed by atoms with Crippen molar-refractivity contribution in [3.8, 4) is 0 Å². The summed E-state index contributed by atoms with van der Waals surface area (Å²) in [5, 5.41) is 2.26. The Hall–Kier alpha value is -2.16. The van der Waals surface area contributed by atoms with Gasteiger partial charge in [-0.2, -0.15) is 13.2 Å². The molecule has 1 saturated heterocycles. The zero-order valence-electron chi connectivity index (χ0n) is 13.8. The van der Waals surface area contributed by atoms with Gasteiger partial charge in [-0.05, 0) is 32.9 Å². The molecule has 25 heavy (non-hydrogen) atoms. The van der Waals surface area contributed by atoms with E-state index in [0.29, 0.717) is 6.07 Å². The van der Waals surface area contributed by atoms with Gasteiger partial charge < -0.3 is 14.8 Å². The van der Waals surface area contributed by atoms with Crippen LogP contribution in [0.3, 0.4) is 0 Å². The molecule has 1 N–H and O–H groups in total. The Bertz CT molecular complexity index is 696. The summed E-state index contributed by atoms with van der Waals surface area (Å²) in [5.74, 6) is -1.96. The van der Waals surface area contributed by atoms with Crippen molar-refractivity contribution in [3.05, 3.63) is 35.1 Å². The Morgan fingerprint density at radius 3 is 2.36 bits per heavy atom. The van der Waals surface area contributed by atoms with E-state index in [2.05, 4.69) is 5.32 Å². The first kappa shape index (κ1) is 19.2. The second-order valence-corrected chi connectivity index (χ2v) is 6.64. The fourth-order valence-electron chi connectivity index (χ4n) is 2.42. The molecule has 1 aliphatic rings. The normalized spacial score (nSPS) is 21.3. The molecule has 0 aliphatic carbocycles. The van der Waals surface area contributed by atoms with Crippen molar-refractivity contribution < 1.29 is 36.6 Å². The van der Waals surface area contributed by atoms with E-state index in [4.69, 9.17) is 9.47 Å². The predicted octanol–water partition coefficient (Wildman–Crippen LogP) is 3.16. The third kappa shape index (κ3) is 4.09. The molecule has 1 aromatic carbocycles. The first-order chi connectivity index (χ1) is 11.3. The zero-order valence-corrected chi connectivity index (χ0v) is 13.8. The minimum absolute atomic E-state index is 0.277. The van der Waals surface area contributed by atoms with Crippen molar-refractivity contribution in [1.82, 2.24) is 5.32 Å². The number of hydrogen-bond acceptors (Lipinski definition) is 4. The second-order valence-electron chi connectivity index (χ2n) is 6.64. The van der Waals surface area contributed by atoms with E-state index >= 15 is 0 Å². The quantitative estimate of drug-likeness (QED) is 0.820. The lowest BCUT2D eigenvalue weighted by Crippen LogP contribution is -2.53. The van der Waals surface area contributed by atoms with Crippen LogP contribution in [0.15, 0.2) is 18.2 Å². The van der Waals surface area contributed by atoms with Gasteiger partial charge in [-0.15, -0.1) is 0 Å². The number of benzene rings is 1. The molecule has 2 rings (SSSR count).